The number of rotatable bonds is 1. The molecular weight excluding hydrogens is 308 g/mol. The molecule has 0 radical (unpaired) electrons. The Balaban J connectivity index is 2.21. The van der Waals surface area contributed by atoms with Gasteiger partial charge in [0.15, 0.2) is 0 Å². The van der Waals surface area contributed by atoms with Gasteiger partial charge in [-0.1, -0.05) is 29.3 Å². The highest BCUT2D eigenvalue weighted by Crippen LogP contribution is 2.47. The fourth-order valence-corrected chi connectivity index (χ4v) is 3.04. The van der Waals surface area contributed by atoms with E-state index in [0.29, 0.717) is 10.6 Å². The zero-order valence-electron chi connectivity index (χ0n) is 9.50. The van der Waals surface area contributed by atoms with Gasteiger partial charge in [-0.2, -0.15) is 0 Å². The standard InChI is InChI=1S/C14H7Cl3FN/c15-8-1-4-13-11(5-8)14(17,7-19-13)10-3-2-9(18)6-12(10)16/h1-7H. The Kier molecular flexibility index (Phi) is 3.05. The zero-order valence-corrected chi connectivity index (χ0v) is 11.8. The molecule has 0 aliphatic carbocycles. The summed E-state index contributed by atoms with van der Waals surface area (Å²) in [5.74, 6) is -0.407. The topological polar surface area (TPSA) is 12.4 Å². The fourth-order valence-electron chi connectivity index (χ4n) is 2.14. The van der Waals surface area contributed by atoms with Gasteiger partial charge >= 0.3 is 0 Å². The van der Waals surface area contributed by atoms with E-state index < -0.39 is 10.7 Å². The minimum atomic E-state index is -1.01. The number of hydrogen-bond acceptors (Lipinski definition) is 1. The lowest BCUT2D eigenvalue weighted by molar-refractivity contribution is 0.627. The highest BCUT2D eigenvalue weighted by molar-refractivity contribution is 6.39. The van der Waals surface area contributed by atoms with Crippen LogP contribution in [0.15, 0.2) is 41.4 Å². The van der Waals surface area contributed by atoms with E-state index in [-0.39, 0.29) is 5.02 Å². The molecule has 1 nitrogen and oxygen atoms in total. The van der Waals surface area contributed by atoms with Crippen molar-refractivity contribution in [2.45, 2.75) is 4.87 Å². The molecule has 0 amide bonds. The van der Waals surface area contributed by atoms with Gasteiger partial charge in [0.05, 0.1) is 5.69 Å². The van der Waals surface area contributed by atoms with Gasteiger partial charge in [-0.3, -0.25) is 4.99 Å². The third-order valence-corrected chi connectivity index (χ3v) is 4.11. The number of hydrogen-bond donors (Lipinski definition) is 0. The number of halogens is 4. The van der Waals surface area contributed by atoms with Gasteiger partial charge in [-0.25, -0.2) is 4.39 Å². The summed E-state index contributed by atoms with van der Waals surface area (Å²) in [6.45, 7) is 0. The van der Waals surface area contributed by atoms with Gasteiger partial charge < -0.3 is 0 Å². The Labute approximate surface area is 124 Å². The molecule has 1 heterocycles. The Hall–Kier alpha value is -1.09. The molecule has 1 unspecified atom stereocenters. The van der Waals surface area contributed by atoms with E-state index in [1.54, 1.807) is 30.5 Å². The van der Waals surface area contributed by atoms with Crippen LogP contribution in [0.25, 0.3) is 0 Å². The average Bonchev–Trinajstić information content (AvgIpc) is 2.68. The van der Waals surface area contributed by atoms with Crippen molar-refractivity contribution >= 4 is 46.7 Å². The van der Waals surface area contributed by atoms with Crippen molar-refractivity contribution < 1.29 is 4.39 Å². The largest absolute Gasteiger partial charge is 0.258 e. The van der Waals surface area contributed by atoms with Gasteiger partial charge in [0, 0.05) is 27.4 Å². The van der Waals surface area contributed by atoms with E-state index in [2.05, 4.69) is 4.99 Å². The third-order valence-electron chi connectivity index (χ3n) is 3.06. The first-order valence-electron chi connectivity index (χ1n) is 5.50. The molecule has 5 heteroatoms. The van der Waals surface area contributed by atoms with Crippen LogP contribution in [0.2, 0.25) is 10.0 Å². The smallest absolute Gasteiger partial charge is 0.133 e. The molecule has 0 aromatic heterocycles. The summed E-state index contributed by atoms with van der Waals surface area (Å²) in [7, 11) is 0. The predicted octanol–water partition coefficient (Wildman–Crippen LogP) is 5.33. The van der Waals surface area contributed by atoms with Crippen LogP contribution in [0.4, 0.5) is 10.1 Å². The molecule has 0 bridgehead atoms. The SMILES string of the molecule is Fc1ccc(C2(Cl)C=Nc3ccc(Cl)cc32)c(Cl)c1. The molecule has 0 fully saturated rings. The van der Waals surface area contributed by atoms with Crippen molar-refractivity contribution in [2.75, 3.05) is 0 Å². The first-order chi connectivity index (χ1) is 9.00. The second-order valence-corrected chi connectivity index (χ2v) is 5.70. The van der Waals surface area contributed by atoms with Crippen molar-refractivity contribution in [2.24, 2.45) is 4.99 Å². The summed E-state index contributed by atoms with van der Waals surface area (Å²) in [4.78, 5) is 3.26. The predicted molar refractivity (Wildman–Crippen MR) is 77.6 cm³/mol. The van der Waals surface area contributed by atoms with Crippen LogP contribution in [0.1, 0.15) is 11.1 Å². The highest BCUT2D eigenvalue weighted by atomic mass is 35.5. The third kappa shape index (κ3) is 2.04. The highest BCUT2D eigenvalue weighted by Gasteiger charge is 2.38. The molecule has 0 spiro atoms. The van der Waals surface area contributed by atoms with E-state index in [0.717, 1.165) is 11.3 Å². The Morgan fingerprint density at radius 2 is 1.79 bits per heavy atom. The Morgan fingerprint density at radius 3 is 2.53 bits per heavy atom. The van der Waals surface area contributed by atoms with Crippen LogP contribution in [-0.4, -0.2) is 6.21 Å². The second-order valence-electron chi connectivity index (χ2n) is 4.26. The number of benzene rings is 2. The average molecular weight is 315 g/mol. The van der Waals surface area contributed by atoms with Gasteiger partial charge in [-0.15, -0.1) is 11.6 Å². The molecule has 1 aliphatic rings. The first kappa shape index (κ1) is 12.9. The van der Waals surface area contributed by atoms with Crippen molar-refractivity contribution in [3.63, 3.8) is 0 Å². The quantitative estimate of drug-likeness (QED) is 0.631. The van der Waals surface area contributed by atoms with Crippen LogP contribution in [0.5, 0.6) is 0 Å². The molecule has 3 rings (SSSR count). The summed E-state index contributed by atoms with van der Waals surface area (Å²) in [6.07, 6.45) is 1.59. The van der Waals surface area contributed by atoms with Crippen LogP contribution in [0, 0.1) is 5.82 Å². The number of nitrogens with zero attached hydrogens (tertiary/aromatic N) is 1. The van der Waals surface area contributed by atoms with Gasteiger partial charge in [0.1, 0.15) is 10.7 Å². The van der Waals surface area contributed by atoms with Crippen molar-refractivity contribution in [3.05, 3.63) is 63.4 Å². The van der Waals surface area contributed by atoms with Gasteiger partial charge in [0.2, 0.25) is 0 Å². The van der Waals surface area contributed by atoms with Crippen molar-refractivity contribution in [3.8, 4) is 0 Å². The summed E-state index contributed by atoms with van der Waals surface area (Å²) in [5.41, 5.74) is 2.07. The van der Waals surface area contributed by atoms with E-state index in [1.807, 2.05) is 0 Å². The molecule has 0 N–H and O–H groups in total. The minimum absolute atomic E-state index is 0.259. The lowest BCUT2D eigenvalue weighted by atomic mass is 9.92. The first-order valence-corrected chi connectivity index (χ1v) is 6.64. The lowest BCUT2D eigenvalue weighted by Gasteiger charge is -2.22. The summed E-state index contributed by atoms with van der Waals surface area (Å²) in [6, 6.07) is 9.39. The molecule has 2 aromatic carbocycles. The molecule has 19 heavy (non-hydrogen) atoms. The zero-order chi connectivity index (χ0) is 13.6. The second kappa shape index (κ2) is 4.48. The maximum atomic E-state index is 13.1. The number of fused-ring (bicyclic) bond motifs is 1. The summed E-state index contributed by atoms with van der Waals surface area (Å²) < 4.78 is 13.1. The molecule has 0 saturated carbocycles. The molecule has 2 aromatic rings. The Bertz CT molecular complexity index is 699. The van der Waals surface area contributed by atoms with Crippen LogP contribution in [-0.2, 0) is 4.87 Å². The monoisotopic (exact) mass is 313 g/mol. The fraction of sp³-hybridized carbons (Fsp3) is 0.0714. The van der Waals surface area contributed by atoms with E-state index >= 15 is 0 Å². The van der Waals surface area contributed by atoms with E-state index in [4.69, 9.17) is 34.8 Å². The van der Waals surface area contributed by atoms with Gasteiger partial charge in [0.25, 0.3) is 0 Å². The number of aliphatic imine (C=N–C) groups is 1. The molecule has 1 aliphatic heterocycles. The normalized spacial score (nSPS) is 20.6. The molecule has 0 saturated heterocycles. The maximum absolute atomic E-state index is 13.1. The van der Waals surface area contributed by atoms with Crippen LogP contribution in [0.3, 0.4) is 0 Å². The molecule has 96 valence electrons. The van der Waals surface area contributed by atoms with Gasteiger partial charge in [-0.05, 0) is 30.3 Å². The number of alkyl halides is 1. The maximum Gasteiger partial charge on any atom is 0.133 e. The van der Waals surface area contributed by atoms with Crippen molar-refractivity contribution in [1.82, 2.24) is 0 Å². The van der Waals surface area contributed by atoms with Crippen LogP contribution >= 0.6 is 34.8 Å². The minimum Gasteiger partial charge on any atom is -0.258 e. The Morgan fingerprint density at radius 1 is 1.00 bits per heavy atom. The summed E-state index contributed by atoms with van der Waals surface area (Å²) >= 11 is 18.7. The van der Waals surface area contributed by atoms with Crippen molar-refractivity contribution in [1.29, 1.82) is 0 Å². The van der Waals surface area contributed by atoms with E-state index in [1.165, 1.54) is 12.1 Å². The lowest BCUT2D eigenvalue weighted by Crippen LogP contribution is -2.20. The summed E-state index contributed by atoms with van der Waals surface area (Å²) in [5, 5.41) is 0.821. The van der Waals surface area contributed by atoms with Crippen LogP contribution < -0.4 is 0 Å². The molecule has 1 atom stereocenters. The van der Waals surface area contributed by atoms with E-state index in [9.17, 15) is 4.39 Å². The molecular formula is C14H7Cl3FN.